The highest BCUT2D eigenvalue weighted by Crippen LogP contribution is 2.14. The lowest BCUT2D eigenvalue weighted by atomic mass is 10.2. The summed E-state index contributed by atoms with van der Waals surface area (Å²) >= 11 is 0. The Kier molecular flexibility index (Phi) is 4.34. The molecule has 5 nitrogen and oxygen atoms in total. The summed E-state index contributed by atoms with van der Waals surface area (Å²) in [6.07, 6.45) is 3.27. The maximum Gasteiger partial charge on any atom is 0.271 e. The number of hydrogen-bond acceptors (Lipinski definition) is 3. The van der Waals surface area contributed by atoms with Crippen LogP contribution in [-0.4, -0.2) is 22.2 Å². The Bertz CT molecular complexity index is 370. The predicted octanol–water partition coefficient (Wildman–Crippen LogP) is 1.23. The Balaban J connectivity index is 2.59. The quantitative estimate of drug-likeness (QED) is 0.739. The number of nitrogen functional groups attached to an aromatic ring is 1. The summed E-state index contributed by atoms with van der Waals surface area (Å²) in [7, 11) is 1.73. The van der Waals surface area contributed by atoms with Crippen LogP contribution in [0.3, 0.4) is 0 Å². The van der Waals surface area contributed by atoms with Gasteiger partial charge in [-0.3, -0.25) is 9.48 Å². The number of aromatic nitrogens is 2. The van der Waals surface area contributed by atoms with Crippen molar-refractivity contribution in [1.82, 2.24) is 15.1 Å². The normalized spacial score (nSPS) is 10.4. The van der Waals surface area contributed by atoms with E-state index in [0.717, 1.165) is 19.3 Å². The van der Waals surface area contributed by atoms with Crippen LogP contribution in [0.1, 0.15) is 42.4 Å². The third kappa shape index (κ3) is 2.74. The van der Waals surface area contributed by atoms with Gasteiger partial charge in [-0.15, -0.1) is 0 Å². The van der Waals surface area contributed by atoms with Crippen LogP contribution in [0.15, 0.2) is 0 Å². The van der Waals surface area contributed by atoms with Gasteiger partial charge in [-0.25, -0.2) is 0 Å². The number of nitrogens with two attached hydrogens (primary N) is 1. The molecule has 1 amide bonds. The van der Waals surface area contributed by atoms with Gasteiger partial charge in [-0.1, -0.05) is 19.8 Å². The molecule has 0 spiro atoms. The molecule has 0 aromatic carbocycles. The first kappa shape index (κ1) is 12.5. The van der Waals surface area contributed by atoms with E-state index in [2.05, 4.69) is 17.3 Å². The van der Waals surface area contributed by atoms with E-state index in [-0.39, 0.29) is 5.91 Å². The van der Waals surface area contributed by atoms with Gasteiger partial charge in [0.05, 0.1) is 11.4 Å². The number of amides is 1. The van der Waals surface area contributed by atoms with E-state index in [1.54, 1.807) is 14.0 Å². The Morgan fingerprint density at radius 1 is 1.50 bits per heavy atom. The lowest BCUT2D eigenvalue weighted by molar-refractivity contribution is 0.0944. The van der Waals surface area contributed by atoms with Crippen molar-refractivity contribution < 1.29 is 4.79 Å². The van der Waals surface area contributed by atoms with Crippen LogP contribution in [0, 0.1) is 6.92 Å². The van der Waals surface area contributed by atoms with Crippen molar-refractivity contribution in [3.05, 3.63) is 11.4 Å². The largest absolute Gasteiger partial charge is 0.395 e. The van der Waals surface area contributed by atoms with Crippen molar-refractivity contribution in [2.75, 3.05) is 12.3 Å². The molecule has 0 saturated heterocycles. The number of carbonyl (C=O) groups excluding carboxylic acids is 1. The number of aryl methyl sites for hydroxylation is 2. The third-order valence-corrected chi connectivity index (χ3v) is 2.55. The molecule has 5 heteroatoms. The van der Waals surface area contributed by atoms with E-state index in [0.29, 0.717) is 23.6 Å². The first-order valence-electron chi connectivity index (χ1n) is 5.65. The summed E-state index contributed by atoms with van der Waals surface area (Å²) in [5, 5.41) is 6.96. The molecule has 16 heavy (non-hydrogen) atoms. The highest BCUT2D eigenvalue weighted by molar-refractivity contribution is 5.97. The van der Waals surface area contributed by atoms with Crippen molar-refractivity contribution in [1.29, 1.82) is 0 Å². The molecule has 90 valence electrons. The molecule has 3 N–H and O–H groups in total. The third-order valence-electron chi connectivity index (χ3n) is 2.55. The molecule has 0 aliphatic carbocycles. The molecule has 0 unspecified atom stereocenters. The molecule has 0 aliphatic heterocycles. The van der Waals surface area contributed by atoms with Crippen molar-refractivity contribution in [3.63, 3.8) is 0 Å². The molecule has 0 saturated carbocycles. The fraction of sp³-hybridized carbons (Fsp3) is 0.636. The van der Waals surface area contributed by atoms with E-state index >= 15 is 0 Å². The fourth-order valence-electron chi connectivity index (χ4n) is 1.60. The Labute approximate surface area is 96.0 Å². The van der Waals surface area contributed by atoms with Gasteiger partial charge in [0.2, 0.25) is 0 Å². The van der Waals surface area contributed by atoms with E-state index in [1.807, 2.05) is 0 Å². The second-order valence-corrected chi connectivity index (χ2v) is 3.93. The summed E-state index contributed by atoms with van der Waals surface area (Å²) in [6.45, 7) is 4.61. The average molecular weight is 224 g/mol. The van der Waals surface area contributed by atoms with Crippen molar-refractivity contribution >= 4 is 11.6 Å². The van der Waals surface area contributed by atoms with Crippen LogP contribution in [0.4, 0.5) is 5.69 Å². The average Bonchev–Trinajstić information content (AvgIpc) is 2.48. The predicted molar refractivity (Wildman–Crippen MR) is 64.2 cm³/mol. The van der Waals surface area contributed by atoms with Crippen LogP contribution >= 0.6 is 0 Å². The van der Waals surface area contributed by atoms with E-state index in [4.69, 9.17) is 5.73 Å². The second-order valence-electron chi connectivity index (χ2n) is 3.93. The molecule has 0 radical (unpaired) electrons. The zero-order chi connectivity index (χ0) is 12.1. The maximum absolute atomic E-state index is 11.8. The first-order valence-corrected chi connectivity index (χ1v) is 5.65. The Morgan fingerprint density at radius 3 is 2.69 bits per heavy atom. The summed E-state index contributed by atoms with van der Waals surface area (Å²) in [5.41, 5.74) is 7.41. The lowest BCUT2D eigenvalue weighted by Gasteiger charge is -2.05. The molecule has 1 aromatic rings. The summed E-state index contributed by atoms with van der Waals surface area (Å²) in [6, 6.07) is 0. The molecular formula is C11H20N4O. The van der Waals surface area contributed by atoms with Crippen LogP contribution in [0.2, 0.25) is 0 Å². The number of unbranched alkanes of at least 4 members (excludes halogenated alkanes) is 2. The monoisotopic (exact) mass is 224 g/mol. The zero-order valence-corrected chi connectivity index (χ0v) is 10.2. The molecule has 0 aliphatic rings. The van der Waals surface area contributed by atoms with Crippen molar-refractivity contribution in [3.8, 4) is 0 Å². The van der Waals surface area contributed by atoms with Gasteiger partial charge in [0.15, 0.2) is 0 Å². The highest BCUT2D eigenvalue weighted by atomic mass is 16.2. The van der Waals surface area contributed by atoms with Gasteiger partial charge >= 0.3 is 0 Å². The van der Waals surface area contributed by atoms with Gasteiger partial charge in [0, 0.05) is 13.6 Å². The summed E-state index contributed by atoms with van der Waals surface area (Å²) < 4.78 is 1.53. The van der Waals surface area contributed by atoms with Gasteiger partial charge in [0.25, 0.3) is 5.91 Å². The minimum absolute atomic E-state index is 0.142. The minimum atomic E-state index is -0.142. The molecule has 0 bridgehead atoms. The number of nitrogens with zero attached hydrogens (tertiary/aromatic N) is 2. The van der Waals surface area contributed by atoms with Gasteiger partial charge in [-0.05, 0) is 13.3 Å². The number of nitrogens with one attached hydrogen (secondary N) is 1. The molecule has 0 atom stereocenters. The minimum Gasteiger partial charge on any atom is -0.395 e. The number of carbonyl (C=O) groups is 1. The summed E-state index contributed by atoms with van der Waals surface area (Å²) in [5.74, 6) is -0.142. The van der Waals surface area contributed by atoms with E-state index < -0.39 is 0 Å². The highest BCUT2D eigenvalue weighted by Gasteiger charge is 2.16. The maximum atomic E-state index is 11.8. The smallest absolute Gasteiger partial charge is 0.271 e. The van der Waals surface area contributed by atoms with Crippen LogP contribution in [0.5, 0.6) is 0 Å². The van der Waals surface area contributed by atoms with E-state index in [1.165, 1.54) is 4.68 Å². The van der Waals surface area contributed by atoms with Gasteiger partial charge in [-0.2, -0.15) is 5.10 Å². The van der Waals surface area contributed by atoms with Gasteiger partial charge < -0.3 is 11.1 Å². The fourth-order valence-corrected chi connectivity index (χ4v) is 1.60. The molecule has 1 aromatic heterocycles. The number of anilines is 1. The van der Waals surface area contributed by atoms with Crippen molar-refractivity contribution in [2.24, 2.45) is 7.05 Å². The van der Waals surface area contributed by atoms with Crippen LogP contribution in [-0.2, 0) is 7.05 Å². The van der Waals surface area contributed by atoms with Crippen molar-refractivity contribution in [2.45, 2.75) is 33.1 Å². The Hall–Kier alpha value is -1.52. The molecular weight excluding hydrogens is 204 g/mol. The zero-order valence-electron chi connectivity index (χ0n) is 10.2. The second kappa shape index (κ2) is 5.53. The van der Waals surface area contributed by atoms with E-state index in [9.17, 15) is 4.79 Å². The van der Waals surface area contributed by atoms with Crippen LogP contribution < -0.4 is 11.1 Å². The van der Waals surface area contributed by atoms with Crippen LogP contribution in [0.25, 0.3) is 0 Å². The Morgan fingerprint density at radius 2 is 2.19 bits per heavy atom. The number of rotatable bonds is 5. The standard InChI is InChI=1S/C11H20N4O/c1-4-5-6-7-13-11(16)10-9(12)8(2)14-15(10)3/h4-7,12H2,1-3H3,(H,13,16). The topological polar surface area (TPSA) is 72.9 Å². The summed E-state index contributed by atoms with van der Waals surface area (Å²) in [4.78, 5) is 11.8. The molecule has 1 heterocycles. The van der Waals surface area contributed by atoms with Gasteiger partial charge in [0.1, 0.15) is 5.69 Å². The SMILES string of the molecule is CCCCCNC(=O)c1c(N)c(C)nn1C. The lowest BCUT2D eigenvalue weighted by Crippen LogP contribution is -2.27. The molecule has 1 rings (SSSR count). The number of hydrogen-bond donors (Lipinski definition) is 2. The first-order chi connectivity index (χ1) is 7.57. The molecule has 0 fully saturated rings.